The van der Waals surface area contributed by atoms with Crippen LogP contribution in [-0.2, 0) is 10.0 Å². The molecule has 1 aliphatic carbocycles. The number of hydrogen-bond donors (Lipinski definition) is 2. The van der Waals surface area contributed by atoms with Crippen molar-refractivity contribution in [3.8, 4) is 5.75 Å². The molecule has 138 valence electrons. The van der Waals surface area contributed by atoms with Crippen molar-refractivity contribution in [2.75, 3.05) is 5.32 Å². The summed E-state index contributed by atoms with van der Waals surface area (Å²) < 4.78 is 29.4. The van der Waals surface area contributed by atoms with Gasteiger partial charge in [0.2, 0.25) is 10.0 Å². The van der Waals surface area contributed by atoms with Crippen LogP contribution in [0.5, 0.6) is 5.75 Å². The van der Waals surface area contributed by atoms with E-state index in [1.807, 2.05) is 6.07 Å². The molecule has 2 aromatic rings. The molecule has 0 aliphatic heterocycles. The van der Waals surface area contributed by atoms with E-state index in [-0.39, 0.29) is 16.6 Å². The van der Waals surface area contributed by atoms with Crippen LogP contribution in [0.25, 0.3) is 0 Å². The number of amides is 1. The van der Waals surface area contributed by atoms with Gasteiger partial charge >= 0.3 is 0 Å². The van der Waals surface area contributed by atoms with Crippen LogP contribution in [0.2, 0.25) is 0 Å². The summed E-state index contributed by atoms with van der Waals surface area (Å²) >= 11 is 3.26. The molecule has 0 radical (unpaired) electrons. The third-order valence-electron chi connectivity index (χ3n) is 4.21. The highest BCUT2D eigenvalue weighted by molar-refractivity contribution is 9.10. The topological polar surface area (TPSA) is 98.5 Å². The lowest BCUT2D eigenvalue weighted by atomic mass is 10.2. The fourth-order valence-corrected chi connectivity index (χ4v) is 3.87. The summed E-state index contributed by atoms with van der Waals surface area (Å²) in [7, 11) is -3.89. The fourth-order valence-electron chi connectivity index (χ4n) is 2.90. The van der Waals surface area contributed by atoms with Gasteiger partial charge in [-0.05, 0) is 71.9 Å². The van der Waals surface area contributed by atoms with Crippen molar-refractivity contribution < 1.29 is 17.9 Å². The molecule has 1 aliphatic rings. The zero-order valence-electron chi connectivity index (χ0n) is 13.9. The number of hydrogen-bond acceptors (Lipinski definition) is 4. The summed E-state index contributed by atoms with van der Waals surface area (Å²) in [6, 6.07) is 11.2. The predicted octanol–water partition coefficient (Wildman–Crippen LogP) is 3.67. The molecule has 0 aromatic heterocycles. The maximum atomic E-state index is 12.6. The van der Waals surface area contributed by atoms with Crippen LogP contribution in [0.1, 0.15) is 36.0 Å². The average molecular weight is 439 g/mol. The Kier molecular flexibility index (Phi) is 5.64. The van der Waals surface area contributed by atoms with Gasteiger partial charge in [0.1, 0.15) is 5.75 Å². The van der Waals surface area contributed by atoms with Crippen molar-refractivity contribution in [1.82, 2.24) is 0 Å². The first kappa shape index (κ1) is 18.9. The van der Waals surface area contributed by atoms with Gasteiger partial charge in [-0.25, -0.2) is 13.6 Å². The van der Waals surface area contributed by atoms with Gasteiger partial charge in [0, 0.05) is 16.2 Å². The van der Waals surface area contributed by atoms with Crippen LogP contribution in [0.15, 0.2) is 51.8 Å². The molecule has 26 heavy (non-hydrogen) atoms. The lowest BCUT2D eigenvalue weighted by Gasteiger charge is -2.14. The summed E-state index contributed by atoms with van der Waals surface area (Å²) in [5.41, 5.74) is 0.747. The van der Waals surface area contributed by atoms with Gasteiger partial charge in [-0.2, -0.15) is 0 Å². The smallest absolute Gasteiger partial charge is 0.256 e. The number of anilines is 1. The number of sulfonamides is 1. The molecule has 3 rings (SSSR count). The lowest BCUT2D eigenvalue weighted by Crippen LogP contribution is -2.16. The van der Waals surface area contributed by atoms with Crippen LogP contribution in [0, 0.1) is 0 Å². The van der Waals surface area contributed by atoms with Crippen molar-refractivity contribution in [1.29, 1.82) is 0 Å². The second-order valence-corrected chi connectivity index (χ2v) is 8.61. The molecule has 0 saturated heterocycles. The molecular weight excluding hydrogens is 420 g/mol. The molecule has 1 amide bonds. The zero-order chi connectivity index (χ0) is 18.7. The number of primary sulfonamides is 1. The van der Waals surface area contributed by atoms with Gasteiger partial charge in [0.15, 0.2) is 0 Å². The second kappa shape index (κ2) is 7.77. The number of nitrogens with two attached hydrogens (primary N) is 1. The fraction of sp³-hybridized carbons (Fsp3) is 0.278. The maximum Gasteiger partial charge on any atom is 0.256 e. The molecule has 2 aromatic carbocycles. The van der Waals surface area contributed by atoms with E-state index in [0.29, 0.717) is 15.9 Å². The van der Waals surface area contributed by atoms with Crippen molar-refractivity contribution in [2.24, 2.45) is 5.14 Å². The largest absolute Gasteiger partial charge is 0.490 e. The first-order chi connectivity index (χ1) is 12.3. The Morgan fingerprint density at radius 2 is 1.88 bits per heavy atom. The Morgan fingerprint density at radius 3 is 2.58 bits per heavy atom. The van der Waals surface area contributed by atoms with E-state index in [1.54, 1.807) is 18.2 Å². The summed E-state index contributed by atoms with van der Waals surface area (Å²) in [5, 5.41) is 7.89. The van der Waals surface area contributed by atoms with Crippen molar-refractivity contribution in [2.45, 2.75) is 36.7 Å². The van der Waals surface area contributed by atoms with Crippen LogP contribution in [-0.4, -0.2) is 20.4 Å². The lowest BCUT2D eigenvalue weighted by molar-refractivity contribution is 0.102. The van der Waals surface area contributed by atoms with Crippen molar-refractivity contribution in [3.05, 3.63) is 52.5 Å². The van der Waals surface area contributed by atoms with E-state index in [1.165, 1.54) is 31.0 Å². The summed E-state index contributed by atoms with van der Waals surface area (Å²) in [6.45, 7) is 0. The minimum atomic E-state index is -3.89. The van der Waals surface area contributed by atoms with Crippen LogP contribution in [0.4, 0.5) is 5.69 Å². The van der Waals surface area contributed by atoms with E-state index in [9.17, 15) is 13.2 Å². The zero-order valence-corrected chi connectivity index (χ0v) is 16.3. The Bertz CT molecular complexity index is 925. The number of carbonyl (C=O) groups is 1. The quantitative estimate of drug-likeness (QED) is 0.743. The van der Waals surface area contributed by atoms with Crippen LogP contribution < -0.4 is 15.2 Å². The Labute approximate surface area is 160 Å². The molecule has 0 unspecified atom stereocenters. The maximum absolute atomic E-state index is 12.6. The highest BCUT2D eigenvalue weighted by Crippen LogP contribution is 2.27. The summed E-state index contributed by atoms with van der Waals surface area (Å²) in [6.07, 6.45) is 4.67. The van der Waals surface area contributed by atoms with Crippen LogP contribution >= 0.6 is 15.9 Å². The number of rotatable bonds is 5. The van der Waals surface area contributed by atoms with Gasteiger partial charge in [0.25, 0.3) is 5.91 Å². The first-order valence-electron chi connectivity index (χ1n) is 8.23. The van der Waals surface area contributed by atoms with E-state index in [2.05, 4.69) is 21.2 Å². The first-order valence-corrected chi connectivity index (χ1v) is 10.6. The molecule has 1 fully saturated rings. The second-order valence-electron chi connectivity index (χ2n) is 6.19. The highest BCUT2D eigenvalue weighted by atomic mass is 79.9. The van der Waals surface area contributed by atoms with Crippen LogP contribution in [0.3, 0.4) is 0 Å². The van der Waals surface area contributed by atoms with Gasteiger partial charge in [-0.15, -0.1) is 0 Å². The molecular formula is C18H19BrN2O4S. The molecule has 1 saturated carbocycles. The number of halogens is 1. The minimum Gasteiger partial charge on any atom is -0.490 e. The minimum absolute atomic E-state index is 0.121. The normalized spacial score (nSPS) is 15.0. The van der Waals surface area contributed by atoms with E-state index < -0.39 is 15.9 Å². The molecule has 0 spiro atoms. The number of benzene rings is 2. The molecule has 6 nitrogen and oxygen atoms in total. The number of carbonyl (C=O) groups excluding carboxylic acids is 1. The Hall–Kier alpha value is -1.90. The van der Waals surface area contributed by atoms with E-state index in [4.69, 9.17) is 9.88 Å². The van der Waals surface area contributed by atoms with Gasteiger partial charge < -0.3 is 10.1 Å². The summed E-state index contributed by atoms with van der Waals surface area (Å²) in [5.74, 6) is 0.257. The van der Waals surface area contributed by atoms with Crippen molar-refractivity contribution >= 4 is 37.5 Å². The Balaban J connectivity index is 1.77. The third-order valence-corrected chi connectivity index (χ3v) is 5.81. The predicted molar refractivity (Wildman–Crippen MR) is 103 cm³/mol. The van der Waals surface area contributed by atoms with Gasteiger partial charge in [-0.1, -0.05) is 6.07 Å². The third kappa shape index (κ3) is 4.63. The molecule has 0 atom stereocenters. The highest BCUT2D eigenvalue weighted by Gasteiger charge is 2.18. The van der Waals surface area contributed by atoms with Gasteiger partial charge in [-0.3, -0.25) is 4.79 Å². The molecule has 3 N–H and O–H groups in total. The van der Waals surface area contributed by atoms with Gasteiger partial charge in [0.05, 0.1) is 16.6 Å². The molecule has 8 heteroatoms. The monoisotopic (exact) mass is 438 g/mol. The molecule has 0 bridgehead atoms. The SMILES string of the molecule is NS(=O)(=O)c1ccc(Br)c(C(=O)Nc2cccc(OC3CCCC3)c2)c1. The summed E-state index contributed by atoms with van der Waals surface area (Å²) in [4.78, 5) is 12.4. The van der Waals surface area contributed by atoms with E-state index >= 15 is 0 Å². The number of nitrogens with one attached hydrogen (secondary N) is 1. The van der Waals surface area contributed by atoms with E-state index in [0.717, 1.165) is 12.8 Å². The average Bonchev–Trinajstić information content (AvgIpc) is 3.07. The standard InChI is InChI=1S/C18H19BrN2O4S/c19-17-9-8-15(26(20,23)24)11-16(17)18(22)21-12-4-3-7-14(10-12)25-13-5-1-2-6-13/h3-4,7-11,13H,1-2,5-6H2,(H,21,22)(H2,20,23,24). The van der Waals surface area contributed by atoms with Crippen molar-refractivity contribution in [3.63, 3.8) is 0 Å². The molecule has 0 heterocycles. The number of ether oxygens (including phenoxy) is 1. The Morgan fingerprint density at radius 1 is 1.15 bits per heavy atom.